The molecule has 2 atom stereocenters. The lowest BCUT2D eigenvalue weighted by Crippen LogP contribution is -2.20. The van der Waals surface area contributed by atoms with Crippen LogP contribution in [0.25, 0.3) is 0 Å². The lowest BCUT2D eigenvalue weighted by atomic mass is 10.1. The van der Waals surface area contributed by atoms with E-state index >= 15 is 0 Å². The normalized spacial score (nSPS) is 15.4. The summed E-state index contributed by atoms with van der Waals surface area (Å²) >= 11 is 0. The highest BCUT2D eigenvalue weighted by molar-refractivity contribution is 5.08. The summed E-state index contributed by atoms with van der Waals surface area (Å²) in [5.41, 5.74) is 7.16. The fourth-order valence-corrected chi connectivity index (χ4v) is 1.61. The Bertz CT molecular complexity index is 263. The van der Waals surface area contributed by atoms with Gasteiger partial charge < -0.3 is 10.3 Å². The molecule has 2 N–H and O–H groups in total. The van der Waals surface area contributed by atoms with Crippen LogP contribution in [0.2, 0.25) is 0 Å². The van der Waals surface area contributed by atoms with Crippen molar-refractivity contribution < 1.29 is 0 Å². The van der Waals surface area contributed by atoms with E-state index in [4.69, 9.17) is 5.73 Å². The van der Waals surface area contributed by atoms with E-state index in [2.05, 4.69) is 43.7 Å². The van der Waals surface area contributed by atoms with Gasteiger partial charge in [0.25, 0.3) is 0 Å². The fourth-order valence-electron chi connectivity index (χ4n) is 1.61. The standard InChI is InChI=1S/C12H22N2/c1-4-10(2)9-14-7-5-6-12(14)8-11(3)13/h5-7,10-11H,4,8-9,13H2,1-3H3. The quantitative estimate of drug-likeness (QED) is 0.766. The Morgan fingerprint density at radius 2 is 2.14 bits per heavy atom. The van der Waals surface area contributed by atoms with Crippen molar-refractivity contribution in [3.05, 3.63) is 24.0 Å². The van der Waals surface area contributed by atoms with E-state index in [9.17, 15) is 0 Å². The molecule has 2 nitrogen and oxygen atoms in total. The van der Waals surface area contributed by atoms with Crippen LogP contribution >= 0.6 is 0 Å². The maximum Gasteiger partial charge on any atom is 0.0247 e. The maximum atomic E-state index is 5.80. The van der Waals surface area contributed by atoms with E-state index in [1.54, 1.807) is 0 Å². The molecule has 0 saturated heterocycles. The number of aromatic nitrogens is 1. The van der Waals surface area contributed by atoms with Gasteiger partial charge in [-0.25, -0.2) is 0 Å². The lowest BCUT2D eigenvalue weighted by molar-refractivity contribution is 0.457. The summed E-state index contributed by atoms with van der Waals surface area (Å²) in [4.78, 5) is 0. The summed E-state index contributed by atoms with van der Waals surface area (Å²) in [5.74, 6) is 0.745. The van der Waals surface area contributed by atoms with E-state index < -0.39 is 0 Å². The van der Waals surface area contributed by atoms with Crippen molar-refractivity contribution in [3.8, 4) is 0 Å². The Balaban J connectivity index is 2.62. The van der Waals surface area contributed by atoms with Crippen LogP contribution < -0.4 is 5.73 Å². The second-order valence-electron chi connectivity index (χ2n) is 4.35. The number of nitrogens with two attached hydrogens (primary N) is 1. The smallest absolute Gasteiger partial charge is 0.0247 e. The largest absolute Gasteiger partial charge is 0.351 e. The Labute approximate surface area is 87.1 Å². The van der Waals surface area contributed by atoms with Gasteiger partial charge in [0.05, 0.1) is 0 Å². The highest BCUT2D eigenvalue weighted by atomic mass is 15.0. The molecule has 0 spiro atoms. The molecule has 1 heterocycles. The number of hydrogen-bond donors (Lipinski definition) is 1. The summed E-state index contributed by atoms with van der Waals surface area (Å²) in [6.07, 6.45) is 4.36. The van der Waals surface area contributed by atoms with E-state index in [-0.39, 0.29) is 6.04 Å². The molecule has 1 aromatic heterocycles. The predicted molar refractivity (Wildman–Crippen MR) is 61.2 cm³/mol. The maximum absolute atomic E-state index is 5.80. The third-order valence-corrected chi connectivity index (χ3v) is 2.66. The molecular weight excluding hydrogens is 172 g/mol. The van der Waals surface area contributed by atoms with Crippen LogP contribution in [0.3, 0.4) is 0 Å². The summed E-state index contributed by atoms with van der Waals surface area (Å²) < 4.78 is 2.33. The van der Waals surface area contributed by atoms with Gasteiger partial charge in [-0.15, -0.1) is 0 Å². The Morgan fingerprint density at radius 1 is 1.43 bits per heavy atom. The van der Waals surface area contributed by atoms with Gasteiger partial charge in [-0.2, -0.15) is 0 Å². The van der Waals surface area contributed by atoms with Crippen LogP contribution in [0.1, 0.15) is 32.9 Å². The molecule has 2 unspecified atom stereocenters. The first-order valence-electron chi connectivity index (χ1n) is 5.53. The van der Waals surface area contributed by atoms with E-state index in [0.29, 0.717) is 0 Å². The zero-order valence-corrected chi connectivity index (χ0v) is 9.53. The molecule has 0 aliphatic carbocycles. The van der Waals surface area contributed by atoms with E-state index in [1.165, 1.54) is 12.1 Å². The van der Waals surface area contributed by atoms with Crippen molar-refractivity contribution in [2.24, 2.45) is 11.7 Å². The van der Waals surface area contributed by atoms with Gasteiger partial charge in [0.15, 0.2) is 0 Å². The van der Waals surface area contributed by atoms with Gasteiger partial charge in [-0.3, -0.25) is 0 Å². The number of hydrogen-bond acceptors (Lipinski definition) is 1. The lowest BCUT2D eigenvalue weighted by Gasteiger charge is -2.14. The highest BCUT2D eigenvalue weighted by Gasteiger charge is 2.06. The summed E-state index contributed by atoms with van der Waals surface area (Å²) in [5, 5.41) is 0. The van der Waals surface area contributed by atoms with Gasteiger partial charge >= 0.3 is 0 Å². The SMILES string of the molecule is CCC(C)Cn1cccc1CC(C)N. The van der Waals surface area contributed by atoms with Crippen LogP contribution in [0.5, 0.6) is 0 Å². The Morgan fingerprint density at radius 3 is 2.71 bits per heavy atom. The zero-order valence-electron chi connectivity index (χ0n) is 9.53. The van der Waals surface area contributed by atoms with Crippen molar-refractivity contribution >= 4 is 0 Å². The third kappa shape index (κ3) is 3.18. The first-order valence-corrected chi connectivity index (χ1v) is 5.53. The average molecular weight is 194 g/mol. The molecule has 0 aromatic carbocycles. The van der Waals surface area contributed by atoms with Crippen molar-refractivity contribution in [1.29, 1.82) is 0 Å². The third-order valence-electron chi connectivity index (χ3n) is 2.66. The second-order valence-corrected chi connectivity index (χ2v) is 4.35. The summed E-state index contributed by atoms with van der Waals surface area (Å²) in [6.45, 7) is 7.70. The van der Waals surface area contributed by atoms with Crippen LogP contribution in [-0.2, 0) is 13.0 Å². The van der Waals surface area contributed by atoms with Gasteiger partial charge in [-0.1, -0.05) is 20.3 Å². The van der Waals surface area contributed by atoms with Gasteiger partial charge in [0.1, 0.15) is 0 Å². The first kappa shape index (κ1) is 11.3. The number of nitrogens with zero attached hydrogens (tertiary/aromatic N) is 1. The molecule has 80 valence electrons. The molecule has 0 radical (unpaired) electrons. The zero-order chi connectivity index (χ0) is 10.6. The van der Waals surface area contributed by atoms with Crippen molar-refractivity contribution in [2.75, 3.05) is 0 Å². The molecule has 0 aliphatic heterocycles. The molecular formula is C12H22N2. The molecule has 0 saturated carbocycles. The minimum absolute atomic E-state index is 0.251. The molecule has 0 bridgehead atoms. The first-order chi connectivity index (χ1) is 6.63. The molecule has 1 aromatic rings. The summed E-state index contributed by atoms with van der Waals surface area (Å²) in [7, 11) is 0. The highest BCUT2D eigenvalue weighted by Crippen LogP contribution is 2.10. The average Bonchev–Trinajstić information content (AvgIpc) is 2.52. The predicted octanol–water partition coefficient (Wildman–Crippen LogP) is 2.42. The minimum atomic E-state index is 0.251. The molecule has 1 rings (SSSR count). The molecule has 14 heavy (non-hydrogen) atoms. The topological polar surface area (TPSA) is 30.9 Å². The Hall–Kier alpha value is -0.760. The van der Waals surface area contributed by atoms with Crippen LogP contribution in [0.4, 0.5) is 0 Å². The second kappa shape index (κ2) is 5.20. The van der Waals surface area contributed by atoms with Crippen molar-refractivity contribution in [2.45, 2.75) is 46.2 Å². The molecule has 0 aliphatic rings. The van der Waals surface area contributed by atoms with Crippen LogP contribution in [-0.4, -0.2) is 10.6 Å². The van der Waals surface area contributed by atoms with E-state index in [1.807, 2.05) is 0 Å². The van der Waals surface area contributed by atoms with Crippen LogP contribution in [0, 0.1) is 5.92 Å². The van der Waals surface area contributed by atoms with Gasteiger partial charge in [0.2, 0.25) is 0 Å². The van der Waals surface area contributed by atoms with E-state index in [0.717, 1.165) is 18.9 Å². The summed E-state index contributed by atoms with van der Waals surface area (Å²) in [6, 6.07) is 4.53. The van der Waals surface area contributed by atoms with Gasteiger partial charge in [0, 0.05) is 30.9 Å². The van der Waals surface area contributed by atoms with Gasteiger partial charge in [-0.05, 0) is 25.0 Å². The van der Waals surface area contributed by atoms with Crippen molar-refractivity contribution in [1.82, 2.24) is 4.57 Å². The molecule has 0 fully saturated rings. The van der Waals surface area contributed by atoms with Crippen LogP contribution in [0.15, 0.2) is 18.3 Å². The van der Waals surface area contributed by atoms with Crippen molar-refractivity contribution in [3.63, 3.8) is 0 Å². The minimum Gasteiger partial charge on any atom is -0.351 e. The Kier molecular flexibility index (Phi) is 4.21. The fraction of sp³-hybridized carbons (Fsp3) is 0.667. The molecule has 0 amide bonds. The monoisotopic (exact) mass is 194 g/mol. The number of rotatable bonds is 5. The molecule has 2 heteroatoms.